The fourth-order valence-electron chi connectivity index (χ4n) is 7.49. The number of carboxylic acid groups (broad SMARTS) is 1. The van der Waals surface area contributed by atoms with Crippen LogP contribution in [0.15, 0.2) is 36.4 Å². The average Bonchev–Trinajstić information content (AvgIpc) is 3.24. The number of aliphatic hydroxyl groups excluding tert-OH is 1. The van der Waals surface area contributed by atoms with Crippen LogP contribution in [-0.2, 0) is 40.0 Å². The number of nitrogens with one attached hydrogen (secondary N) is 4. The van der Waals surface area contributed by atoms with E-state index < -0.39 is 78.9 Å². The van der Waals surface area contributed by atoms with E-state index >= 15 is 0 Å². The topological polar surface area (TPSA) is 255 Å². The summed E-state index contributed by atoms with van der Waals surface area (Å²) in [6, 6.07) is 1.63. The van der Waals surface area contributed by atoms with E-state index in [1.807, 2.05) is 0 Å². The highest BCUT2D eigenvalue weighted by atomic mass is 16.4. The first kappa shape index (κ1) is 51.6. The molecule has 8 N–H and O–H groups in total. The SMILES string of the molecule is CCCCCCCCCCCCCCCC(=O)N(C)[C@H](CO)C(=O)N[C@H](C)C(=O)NCC(=O)N(C)[C@@H]1C(=O)N[C@@H](C)C(=O)N[C@@H](C(=O)O)Cc2ccc(O)c(c2)-c2cc1ccc2O. The number of aliphatic carboxylic acids is 1. The van der Waals surface area contributed by atoms with Gasteiger partial charge in [-0.1, -0.05) is 96.1 Å². The highest BCUT2D eigenvalue weighted by Gasteiger charge is 2.34. The normalized spacial score (nSPS) is 17.3. The Morgan fingerprint density at radius 3 is 1.89 bits per heavy atom. The summed E-state index contributed by atoms with van der Waals surface area (Å²) in [5, 5.41) is 51.3. The van der Waals surface area contributed by atoms with Crippen LogP contribution < -0.4 is 21.3 Å². The third kappa shape index (κ3) is 15.9. The number of hydrogen-bond acceptors (Lipinski definition) is 10. The van der Waals surface area contributed by atoms with Crippen molar-refractivity contribution in [3.05, 3.63) is 47.5 Å². The van der Waals surface area contributed by atoms with Gasteiger partial charge in [0.1, 0.15) is 41.7 Å². The minimum Gasteiger partial charge on any atom is -0.507 e. The molecule has 17 heteroatoms. The Hall–Kier alpha value is -5.71. The molecule has 3 rings (SSSR count). The lowest BCUT2D eigenvalue weighted by atomic mass is 9.94. The molecule has 4 bridgehead atoms. The molecule has 6 amide bonds. The first-order chi connectivity index (χ1) is 30.0. The molecule has 2 aromatic carbocycles. The Balaban J connectivity index is 1.60. The van der Waals surface area contributed by atoms with Gasteiger partial charge in [0.05, 0.1) is 13.2 Å². The molecule has 1 aliphatic rings. The van der Waals surface area contributed by atoms with Crippen molar-refractivity contribution in [3.63, 3.8) is 0 Å². The van der Waals surface area contributed by atoms with Crippen LogP contribution in [-0.4, -0.2) is 123 Å². The number of amides is 6. The quantitative estimate of drug-likeness (QED) is 0.0745. The zero-order chi connectivity index (χ0) is 46.6. The maximum Gasteiger partial charge on any atom is 0.326 e. The van der Waals surface area contributed by atoms with Crippen molar-refractivity contribution in [2.24, 2.45) is 0 Å². The van der Waals surface area contributed by atoms with E-state index in [2.05, 4.69) is 28.2 Å². The Labute approximate surface area is 370 Å². The summed E-state index contributed by atoms with van der Waals surface area (Å²) < 4.78 is 0. The van der Waals surface area contributed by atoms with Crippen molar-refractivity contribution >= 4 is 41.4 Å². The van der Waals surface area contributed by atoms with Gasteiger partial charge in [-0.3, -0.25) is 28.8 Å². The molecule has 1 heterocycles. The van der Waals surface area contributed by atoms with Crippen molar-refractivity contribution in [1.82, 2.24) is 31.1 Å². The third-order valence-electron chi connectivity index (χ3n) is 11.5. The lowest BCUT2D eigenvalue weighted by molar-refractivity contribution is -0.143. The molecule has 0 unspecified atom stereocenters. The number of aliphatic hydroxyl groups is 1. The molecule has 348 valence electrons. The van der Waals surface area contributed by atoms with Gasteiger partial charge in [0.25, 0.3) is 0 Å². The first-order valence-corrected chi connectivity index (χ1v) is 22.2. The number of likely N-dealkylation sites (N-methyl/N-ethyl adjacent to an activating group) is 2. The molecule has 0 aliphatic carbocycles. The number of hydrogen-bond donors (Lipinski definition) is 8. The summed E-state index contributed by atoms with van der Waals surface area (Å²) in [6.45, 7) is 3.59. The summed E-state index contributed by atoms with van der Waals surface area (Å²) in [4.78, 5) is 94.0. The summed E-state index contributed by atoms with van der Waals surface area (Å²) in [5.74, 6) is -6.23. The fraction of sp³-hybridized carbons (Fsp3) is 0.587. The zero-order valence-corrected chi connectivity index (χ0v) is 37.4. The minimum atomic E-state index is -1.47. The Bertz CT molecular complexity index is 1890. The number of aromatic hydroxyl groups is 2. The van der Waals surface area contributed by atoms with Crippen molar-refractivity contribution in [2.45, 2.75) is 147 Å². The molecule has 17 nitrogen and oxygen atoms in total. The van der Waals surface area contributed by atoms with Gasteiger partial charge < -0.3 is 51.5 Å². The lowest BCUT2D eigenvalue weighted by Crippen LogP contribution is -2.55. The maximum atomic E-state index is 13.9. The lowest BCUT2D eigenvalue weighted by Gasteiger charge is -2.30. The molecule has 0 saturated heterocycles. The second-order valence-electron chi connectivity index (χ2n) is 16.5. The number of carbonyl (C=O) groups is 7. The Morgan fingerprint density at radius 1 is 0.762 bits per heavy atom. The van der Waals surface area contributed by atoms with Gasteiger partial charge in [0.2, 0.25) is 35.4 Å². The summed E-state index contributed by atoms with van der Waals surface area (Å²) in [6.07, 6.45) is 15.1. The minimum absolute atomic E-state index is 0.0671. The summed E-state index contributed by atoms with van der Waals surface area (Å²) in [5.41, 5.74) is 0.728. The second kappa shape index (κ2) is 26.0. The van der Waals surface area contributed by atoms with Crippen molar-refractivity contribution in [1.29, 1.82) is 0 Å². The smallest absolute Gasteiger partial charge is 0.326 e. The van der Waals surface area contributed by atoms with Crippen LogP contribution >= 0.6 is 0 Å². The predicted molar refractivity (Wildman–Crippen MR) is 236 cm³/mol. The largest absolute Gasteiger partial charge is 0.507 e. The van der Waals surface area contributed by atoms with Crippen LogP contribution in [0.5, 0.6) is 11.5 Å². The van der Waals surface area contributed by atoms with Crippen LogP contribution in [0.2, 0.25) is 0 Å². The molecule has 63 heavy (non-hydrogen) atoms. The molecule has 1 aliphatic heterocycles. The van der Waals surface area contributed by atoms with Gasteiger partial charge in [-0.25, -0.2) is 4.79 Å². The predicted octanol–water partition coefficient (Wildman–Crippen LogP) is 3.82. The van der Waals surface area contributed by atoms with E-state index in [0.29, 0.717) is 12.0 Å². The molecule has 0 spiro atoms. The van der Waals surface area contributed by atoms with Crippen LogP contribution in [0.1, 0.15) is 128 Å². The molecule has 0 fully saturated rings. The number of carbonyl (C=O) groups excluding carboxylic acids is 6. The number of nitrogens with zero attached hydrogens (tertiary/aromatic N) is 2. The van der Waals surface area contributed by atoms with Gasteiger partial charge in [-0.2, -0.15) is 0 Å². The molecule has 2 aromatic rings. The van der Waals surface area contributed by atoms with Crippen molar-refractivity contribution in [2.75, 3.05) is 27.2 Å². The fourth-order valence-corrected chi connectivity index (χ4v) is 7.49. The van der Waals surface area contributed by atoms with Gasteiger partial charge in [0.15, 0.2) is 0 Å². The first-order valence-electron chi connectivity index (χ1n) is 22.2. The van der Waals surface area contributed by atoms with Crippen molar-refractivity contribution in [3.8, 4) is 22.6 Å². The molecular formula is C46H68N6O11. The van der Waals surface area contributed by atoms with Crippen LogP contribution in [0.25, 0.3) is 11.1 Å². The third-order valence-corrected chi connectivity index (χ3v) is 11.5. The summed E-state index contributed by atoms with van der Waals surface area (Å²) >= 11 is 0. The van der Waals surface area contributed by atoms with E-state index in [4.69, 9.17) is 0 Å². The van der Waals surface area contributed by atoms with Crippen molar-refractivity contribution < 1.29 is 54.0 Å². The molecule has 0 saturated carbocycles. The number of benzene rings is 2. The summed E-state index contributed by atoms with van der Waals surface area (Å²) in [7, 11) is 2.70. The van der Waals surface area contributed by atoms with E-state index in [1.165, 1.54) is 122 Å². The molecule has 0 radical (unpaired) electrons. The maximum absolute atomic E-state index is 13.9. The number of carboxylic acids is 1. The van der Waals surface area contributed by atoms with Gasteiger partial charge in [0, 0.05) is 38.1 Å². The van der Waals surface area contributed by atoms with E-state index in [0.717, 1.165) is 29.1 Å². The van der Waals surface area contributed by atoms with Crippen LogP contribution in [0.3, 0.4) is 0 Å². The standard InChI is InChI=1S/C46H68N6O11/c1-6-7-8-9-10-11-12-13-14-15-16-17-18-19-39(56)51(4)36(28-53)44(60)48-29(2)42(58)47-27-40(57)52(5)41-32-21-23-38(55)34(26-32)33-24-31(20-22-37(33)54)25-35(46(62)63)50-43(59)30(3)49-45(41)61/h20-24,26,29-30,35-36,41,53-55H,6-19,25,27-28H2,1-5H3,(H,47,58)(H,48,60)(H,49,61)(H,50,59)(H,62,63)/t29-,30+,35-,36-,41+/m1/s1. The van der Waals surface area contributed by atoms with E-state index in [9.17, 15) is 54.0 Å². The molecular weight excluding hydrogens is 813 g/mol. The second-order valence-corrected chi connectivity index (χ2v) is 16.5. The highest BCUT2D eigenvalue weighted by Crippen LogP contribution is 2.38. The molecule has 5 atom stereocenters. The zero-order valence-electron chi connectivity index (χ0n) is 37.4. The monoisotopic (exact) mass is 880 g/mol. The average molecular weight is 881 g/mol. The van der Waals surface area contributed by atoms with E-state index in [1.54, 1.807) is 0 Å². The van der Waals surface area contributed by atoms with Crippen LogP contribution in [0.4, 0.5) is 0 Å². The highest BCUT2D eigenvalue weighted by molar-refractivity contribution is 5.96. The van der Waals surface area contributed by atoms with Crippen LogP contribution in [0, 0.1) is 0 Å². The number of fused-ring (bicyclic) bond motifs is 5. The van der Waals surface area contributed by atoms with Gasteiger partial charge >= 0.3 is 5.97 Å². The Morgan fingerprint density at radius 2 is 1.32 bits per heavy atom. The number of phenolic OH excluding ortho intramolecular Hbond substituents is 2. The van der Waals surface area contributed by atoms with Gasteiger partial charge in [-0.15, -0.1) is 0 Å². The Kier molecular flexibility index (Phi) is 21.3. The number of unbranched alkanes of at least 4 members (excludes halogenated alkanes) is 12. The molecule has 0 aromatic heterocycles. The number of phenols is 2. The number of rotatable bonds is 23. The van der Waals surface area contributed by atoms with E-state index in [-0.39, 0.29) is 46.9 Å². The van der Waals surface area contributed by atoms with Gasteiger partial charge in [-0.05, 0) is 55.7 Å².